The lowest BCUT2D eigenvalue weighted by Gasteiger charge is -2.35. The maximum absolute atomic E-state index is 14.5. The van der Waals surface area contributed by atoms with Gasteiger partial charge in [0.05, 0.1) is 41.9 Å². The second-order valence-corrected chi connectivity index (χ2v) is 13.2. The van der Waals surface area contributed by atoms with Crippen LogP contribution in [0.5, 0.6) is 0 Å². The number of benzene rings is 3. The summed E-state index contributed by atoms with van der Waals surface area (Å²) in [7, 11) is -0.494. The van der Waals surface area contributed by atoms with Gasteiger partial charge in [0.15, 0.2) is 0 Å². The van der Waals surface area contributed by atoms with Crippen molar-refractivity contribution >= 4 is 26.8 Å². The lowest BCUT2D eigenvalue weighted by atomic mass is 9.96. The fraction of sp³-hybridized carbons (Fsp3) is 0.333. The summed E-state index contributed by atoms with van der Waals surface area (Å²) in [6.45, 7) is 4.00. The van der Waals surface area contributed by atoms with E-state index < -0.39 is 22.2 Å². The first-order valence-electron chi connectivity index (χ1n) is 14.2. The zero-order chi connectivity index (χ0) is 30.9. The number of rotatable bonds is 6. The summed E-state index contributed by atoms with van der Waals surface area (Å²) in [5.41, 5.74) is 4.38. The maximum atomic E-state index is 14.5. The van der Waals surface area contributed by atoms with Crippen molar-refractivity contribution in [1.82, 2.24) is 13.8 Å². The molecule has 0 aliphatic carbocycles. The van der Waals surface area contributed by atoms with Crippen molar-refractivity contribution in [1.29, 1.82) is 5.26 Å². The van der Waals surface area contributed by atoms with Gasteiger partial charge in [0.2, 0.25) is 10.0 Å². The van der Waals surface area contributed by atoms with Gasteiger partial charge >= 0.3 is 0 Å². The van der Waals surface area contributed by atoms with Gasteiger partial charge in [0.25, 0.3) is 5.91 Å². The lowest BCUT2D eigenvalue weighted by molar-refractivity contribution is -0.0147. The molecule has 3 aromatic carbocycles. The number of nitrogens with zero attached hydrogens (tertiary/aromatic N) is 4. The summed E-state index contributed by atoms with van der Waals surface area (Å²) >= 11 is 0. The molecule has 5 rings (SSSR count). The van der Waals surface area contributed by atoms with Crippen LogP contribution in [-0.4, -0.2) is 72.1 Å². The van der Waals surface area contributed by atoms with E-state index in [9.17, 15) is 18.3 Å². The van der Waals surface area contributed by atoms with Crippen LogP contribution >= 0.6 is 0 Å². The molecule has 10 heteroatoms. The Balaban J connectivity index is 1.59. The van der Waals surface area contributed by atoms with Gasteiger partial charge in [-0.3, -0.25) is 4.79 Å². The second-order valence-electron chi connectivity index (χ2n) is 11.2. The van der Waals surface area contributed by atoms with Crippen LogP contribution in [0, 0.1) is 17.2 Å². The van der Waals surface area contributed by atoms with Gasteiger partial charge in [0, 0.05) is 49.6 Å². The molecule has 0 fully saturated rings. The Hall–Kier alpha value is -4.01. The summed E-state index contributed by atoms with van der Waals surface area (Å²) < 4.78 is 36.6. The highest BCUT2D eigenvalue weighted by molar-refractivity contribution is 7.89. The molecule has 224 valence electrons. The van der Waals surface area contributed by atoms with Crippen LogP contribution in [0.25, 0.3) is 22.0 Å². The minimum absolute atomic E-state index is 0.0388. The molecule has 2 heterocycles. The zero-order valence-electron chi connectivity index (χ0n) is 24.8. The molecule has 3 atom stereocenters. The molecule has 0 spiro atoms. The van der Waals surface area contributed by atoms with Crippen molar-refractivity contribution in [3.63, 3.8) is 0 Å². The molecule has 0 bridgehead atoms. The van der Waals surface area contributed by atoms with Crippen LogP contribution in [0.3, 0.4) is 0 Å². The first-order valence-corrected chi connectivity index (χ1v) is 15.7. The molecule has 4 aromatic rings. The van der Waals surface area contributed by atoms with Crippen molar-refractivity contribution < 1.29 is 23.1 Å². The summed E-state index contributed by atoms with van der Waals surface area (Å²) in [4.78, 5) is 16.2. The molecule has 0 unspecified atom stereocenters. The number of ether oxygens (including phenoxy) is 1. The molecule has 1 N–H and O–H groups in total. The van der Waals surface area contributed by atoms with Gasteiger partial charge in [0.1, 0.15) is 5.69 Å². The number of nitriles is 1. The molecule has 1 aromatic heterocycles. The highest BCUT2D eigenvalue weighted by Crippen LogP contribution is 2.38. The Morgan fingerprint density at radius 3 is 2.47 bits per heavy atom. The number of aryl methyl sites for hydroxylation is 1. The van der Waals surface area contributed by atoms with E-state index in [1.54, 1.807) is 11.8 Å². The maximum Gasteiger partial charge on any atom is 0.271 e. The van der Waals surface area contributed by atoms with E-state index in [1.165, 1.54) is 35.6 Å². The van der Waals surface area contributed by atoms with E-state index in [-0.39, 0.29) is 43.0 Å². The number of sulfonamides is 1. The van der Waals surface area contributed by atoms with E-state index >= 15 is 0 Å². The van der Waals surface area contributed by atoms with Crippen LogP contribution in [0.4, 0.5) is 0 Å². The number of fused-ring (bicyclic) bond motifs is 5. The van der Waals surface area contributed by atoms with Crippen molar-refractivity contribution in [2.75, 3.05) is 26.7 Å². The smallest absolute Gasteiger partial charge is 0.271 e. The van der Waals surface area contributed by atoms with E-state index in [0.717, 1.165) is 27.6 Å². The normalized spacial score (nSPS) is 18.5. The third-order valence-electron chi connectivity index (χ3n) is 8.35. The van der Waals surface area contributed by atoms with Crippen molar-refractivity contribution in [3.8, 4) is 17.2 Å². The molecular weight excluding hydrogens is 564 g/mol. The van der Waals surface area contributed by atoms with Crippen LogP contribution in [0.1, 0.15) is 35.5 Å². The number of amides is 1. The Bertz CT molecular complexity index is 1790. The first-order chi connectivity index (χ1) is 20.6. The molecule has 43 heavy (non-hydrogen) atoms. The number of hydrogen-bond acceptors (Lipinski definition) is 6. The van der Waals surface area contributed by atoms with Crippen molar-refractivity contribution in [2.24, 2.45) is 13.0 Å². The third kappa shape index (κ3) is 5.69. The van der Waals surface area contributed by atoms with Gasteiger partial charge in [-0.2, -0.15) is 9.57 Å². The van der Waals surface area contributed by atoms with E-state index in [4.69, 9.17) is 10.00 Å². The number of likely N-dealkylation sites (N-methyl/N-ethyl adjacent to an activating group) is 1. The average molecular weight is 601 g/mol. The minimum Gasteiger partial charge on any atom is -0.394 e. The monoisotopic (exact) mass is 600 g/mol. The number of aliphatic hydroxyl groups is 1. The van der Waals surface area contributed by atoms with Crippen LogP contribution in [0.2, 0.25) is 0 Å². The van der Waals surface area contributed by atoms with E-state index in [1.807, 2.05) is 73.1 Å². The summed E-state index contributed by atoms with van der Waals surface area (Å²) in [5.74, 6) is -0.504. The number of carbonyl (C=O) groups excluding carboxylic acids is 1. The quantitative estimate of drug-likeness (QED) is 0.351. The number of para-hydroxylation sites is 1. The second kappa shape index (κ2) is 12.3. The molecule has 9 nitrogen and oxygen atoms in total. The summed E-state index contributed by atoms with van der Waals surface area (Å²) in [5, 5.41) is 20.2. The van der Waals surface area contributed by atoms with Gasteiger partial charge in [-0.15, -0.1) is 0 Å². The standard InChI is InChI=1S/C33H36N4O5S/c1-22-18-37(23(2)20-38)33(39)32-31(28-11-7-8-12-29(28)36(32)4)27-10-6-5-9-25(27)21-42-30(22)19-35(3)43(40,41)26-15-13-24(17-34)14-16-26/h5-16,22-23,30,38H,18-21H2,1-4H3/t22-,23-,30-/m0/s1. The van der Waals surface area contributed by atoms with Gasteiger partial charge < -0.3 is 19.3 Å². The fourth-order valence-electron chi connectivity index (χ4n) is 5.76. The highest BCUT2D eigenvalue weighted by atomic mass is 32.2. The summed E-state index contributed by atoms with van der Waals surface area (Å²) in [6, 6.07) is 23.0. The number of aliphatic hydroxyl groups excluding tert-OH is 1. The van der Waals surface area contributed by atoms with Crippen molar-refractivity contribution in [3.05, 3.63) is 89.6 Å². The van der Waals surface area contributed by atoms with Crippen molar-refractivity contribution in [2.45, 2.75) is 37.5 Å². The lowest BCUT2D eigenvalue weighted by Crippen LogP contribution is -2.48. The van der Waals surface area contributed by atoms with Gasteiger partial charge in [-0.1, -0.05) is 49.4 Å². The predicted molar refractivity (Wildman–Crippen MR) is 165 cm³/mol. The molecular formula is C33H36N4O5S. The van der Waals surface area contributed by atoms with Crippen LogP contribution < -0.4 is 0 Å². The number of carbonyl (C=O) groups is 1. The Morgan fingerprint density at radius 2 is 1.77 bits per heavy atom. The predicted octanol–water partition coefficient (Wildman–Crippen LogP) is 4.40. The topological polar surface area (TPSA) is 116 Å². The van der Waals surface area contributed by atoms with Crippen LogP contribution in [-0.2, 0) is 28.4 Å². The zero-order valence-corrected chi connectivity index (χ0v) is 25.6. The Labute approximate surface area is 252 Å². The van der Waals surface area contributed by atoms with E-state index in [2.05, 4.69) is 0 Å². The first kappa shape index (κ1) is 30.4. The van der Waals surface area contributed by atoms with E-state index in [0.29, 0.717) is 11.3 Å². The largest absolute Gasteiger partial charge is 0.394 e. The molecule has 1 aliphatic heterocycles. The Kier molecular flexibility index (Phi) is 8.71. The SMILES string of the molecule is C[C@H]1CN([C@@H](C)CO)C(=O)c2c(c3ccccc3n2C)-c2ccccc2CO[C@H]1CN(C)S(=O)(=O)c1ccc(C#N)cc1. The summed E-state index contributed by atoms with van der Waals surface area (Å²) in [6.07, 6.45) is -0.578. The molecule has 0 saturated carbocycles. The van der Waals surface area contributed by atoms with Gasteiger partial charge in [-0.25, -0.2) is 8.42 Å². The minimum atomic E-state index is -3.88. The van der Waals surface area contributed by atoms with Gasteiger partial charge in [-0.05, 0) is 48.4 Å². The molecule has 0 saturated heterocycles. The number of hydrogen-bond donors (Lipinski definition) is 1. The molecule has 1 aliphatic rings. The third-order valence-corrected chi connectivity index (χ3v) is 10.2. The average Bonchev–Trinajstić information content (AvgIpc) is 3.31. The highest BCUT2D eigenvalue weighted by Gasteiger charge is 2.34. The fourth-order valence-corrected chi connectivity index (χ4v) is 6.94. The molecule has 0 radical (unpaired) electrons. The Morgan fingerprint density at radius 1 is 1.09 bits per heavy atom. The molecule has 1 amide bonds. The number of aromatic nitrogens is 1. The van der Waals surface area contributed by atoms with Crippen LogP contribution in [0.15, 0.2) is 77.7 Å².